The average Bonchev–Trinajstić information content (AvgIpc) is 2.82. The lowest BCUT2D eigenvalue weighted by molar-refractivity contribution is 0.357. The SMILES string of the molecule is COc1cc2c3c(c(N=NC(N)=S)c(O)n3C(C)(C)C=C2C)c1OC. The van der Waals surface area contributed by atoms with E-state index in [-0.39, 0.29) is 16.7 Å². The molecule has 0 radical (unpaired) electrons. The smallest absolute Gasteiger partial charge is 0.221 e. The zero-order valence-electron chi connectivity index (χ0n) is 14.7. The van der Waals surface area contributed by atoms with Crippen molar-refractivity contribution in [1.82, 2.24) is 4.57 Å². The Bertz CT molecular complexity index is 957. The molecule has 132 valence electrons. The van der Waals surface area contributed by atoms with Crippen LogP contribution in [0.25, 0.3) is 16.5 Å². The van der Waals surface area contributed by atoms with Gasteiger partial charge in [0.15, 0.2) is 17.2 Å². The number of aromatic nitrogens is 1. The molecule has 1 aromatic carbocycles. The first-order valence-electron chi connectivity index (χ1n) is 7.66. The Hall–Kier alpha value is -2.61. The van der Waals surface area contributed by atoms with Crippen LogP contribution in [0.2, 0.25) is 0 Å². The molecular formula is C17H20N4O3S. The van der Waals surface area contributed by atoms with Crippen molar-refractivity contribution in [3.05, 3.63) is 17.7 Å². The molecule has 1 aliphatic heterocycles. The minimum atomic E-state index is -0.462. The third-order valence-electron chi connectivity index (χ3n) is 4.35. The highest BCUT2D eigenvalue weighted by atomic mass is 32.1. The van der Waals surface area contributed by atoms with Crippen LogP contribution in [0.3, 0.4) is 0 Å². The number of methoxy groups -OCH3 is 2. The number of allylic oxidation sites excluding steroid dienone is 2. The predicted molar refractivity (Wildman–Crippen MR) is 101 cm³/mol. The monoisotopic (exact) mass is 360 g/mol. The van der Waals surface area contributed by atoms with Gasteiger partial charge in [0.25, 0.3) is 0 Å². The lowest BCUT2D eigenvalue weighted by atomic mass is 9.91. The summed E-state index contributed by atoms with van der Waals surface area (Å²) in [6.45, 7) is 6.03. The van der Waals surface area contributed by atoms with Crippen molar-refractivity contribution in [1.29, 1.82) is 0 Å². The molecule has 2 aromatic rings. The van der Waals surface area contributed by atoms with E-state index in [2.05, 4.69) is 16.3 Å². The van der Waals surface area contributed by atoms with Gasteiger partial charge < -0.3 is 24.9 Å². The first-order chi connectivity index (χ1) is 11.7. The van der Waals surface area contributed by atoms with Crippen LogP contribution in [0.5, 0.6) is 17.4 Å². The van der Waals surface area contributed by atoms with Gasteiger partial charge in [-0.1, -0.05) is 6.08 Å². The molecule has 0 saturated heterocycles. The van der Waals surface area contributed by atoms with Crippen LogP contribution in [0.15, 0.2) is 22.4 Å². The lowest BCUT2D eigenvalue weighted by Gasteiger charge is -2.31. The highest BCUT2D eigenvalue weighted by molar-refractivity contribution is 7.80. The van der Waals surface area contributed by atoms with E-state index in [1.165, 1.54) is 0 Å². The van der Waals surface area contributed by atoms with E-state index < -0.39 is 5.54 Å². The number of thiocarbonyl (C=S) groups is 1. The molecule has 3 rings (SSSR count). The minimum absolute atomic E-state index is 0.0310. The van der Waals surface area contributed by atoms with Crippen molar-refractivity contribution in [3.63, 3.8) is 0 Å². The second-order valence-corrected chi connectivity index (χ2v) is 6.83. The molecule has 0 saturated carbocycles. The van der Waals surface area contributed by atoms with Crippen LogP contribution < -0.4 is 15.2 Å². The number of hydrogen-bond acceptors (Lipinski definition) is 5. The van der Waals surface area contributed by atoms with E-state index in [0.717, 1.165) is 16.7 Å². The van der Waals surface area contributed by atoms with Crippen LogP contribution in [0.4, 0.5) is 5.69 Å². The van der Waals surface area contributed by atoms with Gasteiger partial charge in [-0.15, -0.1) is 10.2 Å². The summed E-state index contributed by atoms with van der Waals surface area (Å²) in [5.74, 6) is 0.982. The van der Waals surface area contributed by atoms with Crippen LogP contribution >= 0.6 is 12.2 Å². The third-order valence-corrected chi connectivity index (χ3v) is 4.43. The Balaban J connectivity index is 2.55. The summed E-state index contributed by atoms with van der Waals surface area (Å²) < 4.78 is 12.8. The highest BCUT2D eigenvalue weighted by Gasteiger charge is 2.35. The molecule has 1 aliphatic rings. The first-order valence-corrected chi connectivity index (χ1v) is 8.07. The van der Waals surface area contributed by atoms with E-state index in [1.807, 2.05) is 26.8 Å². The van der Waals surface area contributed by atoms with E-state index in [1.54, 1.807) is 18.8 Å². The maximum atomic E-state index is 10.9. The topological polar surface area (TPSA) is 94.4 Å². The predicted octanol–water partition coefficient (Wildman–Crippen LogP) is 3.84. The van der Waals surface area contributed by atoms with Gasteiger partial charge in [0.2, 0.25) is 11.0 Å². The average molecular weight is 360 g/mol. The molecule has 0 atom stereocenters. The molecule has 0 bridgehead atoms. The van der Waals surface area contributed by atoms with Gasteiger partial charge in [-0.2, -0.15) is 0 Å². The second kappa shape index (κ2) is 5.73. The number of nitrogens with zero attached hydrogens (tertiary/aromatic N) is 3. The van der Waals surface area contributed by atoms with Gasteiger partial charge in [-0.05, 0) is 44.6 Å². The minimum Gasteiger partial charge on any atom is -0.493 e. The van der Waals surface area contributed by atoms with Crippen molar-refractivity contribution in [3.8, 4) is 17.4 Å². The fourth-order valence-corrected chi connectivity index (χ4v) is 3.53. The van der Waals surface area contributed by atoms with E-state index in [9.17, 15) is 5.11 Å². The van der Waals surface area contributed by atoms with Crippen LogP contribution in [0, 0.1) is 0 Å². The summed E-state index contributed by atoms with van der Waals surface area (Å²) in [4.78, 5) is 0. The second-order valence-electron chi connectivity index (χ2n) is 6.41. The number of aromatic hydroxyl groups is 1. The summed E-state index contributed by atoms with van der Waals surface area (Å²) >= 11 is 4.77. The fraction of sp³-hybridized carbons (Fsp3) is 0.353. The molecule has 2 heterocycles. The van der Waals surface area contributed by atoms with E-state index >= 15 is 0 Å². The van der Waals surface area contributed by atoms with Gasteiger partial charge in [0, 0.05) is 5.56 Å². The van der Waals surface area contributed by atoms with Gasteiger partial charge >= 0.3 is 0 Å². The zero-order valence-corrected chi connectivity index (χ0v) is 15.6. The maximum absolute atomic E-state index is 10.9. The van der Waals surface area contributed by atoms with E-state index in [4.69, 9.17) is 27.4 Å². The van der Waals surface area contributed by atoms with Crippen LogP contribution in [-0.2, 0) is 5.54 Å². The number of azo groups is 1. The Morgan fingerprint density at radius 2 is 2.00 bits per heavy atom. The van der Waals surface area contributed by atoms with Gasteiger partial charge in [-0.25, -0.2) is 0 Å². The number of benzene rings is 1. The Morgan fingerprint density at radius 1 is 1.32 bits per heavy atom. The molecule has 0 unspecified atom stereocenters. The van der Waals surface area contributed by atoms with Gasteiger partial charge in [0.05, 0.1) is 30.7 Å². The van der Waals surface area contributed by atoms with E-state index in [0.29, 0.717) is 16.9 Å². The molecule has 25 heavy (non-hydrogen) atoms. The van der Waals surface area contributed by atoms with Crippen molar-refractivity contribution in [2.75, 3.05) is 14.2 Å². The number of rotatable bonds is 3. The van der Waals surface area contributed by atoms with Crippen molar-refractivity contribution >= 4 is 39.5 Å². The fourth-order valence-electron chi connectivity index (χ4n) is 3.49. The van der Waals surface area contributed by atoms with Crippen LogP contribution in [-0.4, -0.2) is 29.0 Å². The molecule has 0 aliphatic carbocycles. The molecular weight excluding hydrogens is 340 g/mol. The Morgan fingerprint density at radius 3 is 2.56 bits per heavy atom. The Kier molecular flexibility index (Phi) is 3.95. The maximum Gasteiger partial charge on any atom is 0.221 e. The molecule has 1 aromatic heterocycles. The summed E-state index contributed by atoms with van der Waals surface area (Å²) in [7, 11) is 3.11. The molecule has 7 nitrogen and oxygen atoms in total. The molecule has 0 fully saturated rings. The summed E-state index contributed by atoms with van der Waals surface area (Å²) in [5.41, 5.74) is 8.02. The van der Waals surface area contributed by atoms with Gasteiger partial charge in [0.1, 0.15) is 0 Å². The van der Waals surface area contributed by atoms with Crippen molar-refractivity contribution < 1.29 is 14.6 Å². The third kappa shape index (κ3) is 2.44. The quantitative estimate of drug-likeness (QED) is 0.640. The van der Waals surface area contributed by atoms with Crippen molar-refractivity contribution in [2.45, 2.75) is 26.3 Å². The molecule has 3 N–H and O–H groups in total. The summed E-state index contributed by atoms with van der Waals surface area (Å²) in [5, 5.41) is 19.2. The number of hydrogen-bond donors (Lipinski definition) is 2. The molecule has 0 spiro atoms. The molecule has 8 heteroatoms. The number of ether oxygens (including phenoxy) is 2. The lowest BCUT2D eigenvalue weighted by Crippen LogP contribution is -2.26. The molecule has 0 amide bonds. The van der Waals surface area contributed by atoms with Gasteiger partial charge in [-0.3, -0.25) is 0 Å². The first kappa shape index (κ1) is 17.2. The van der Waals surface area contributed by atoms with Crippen molar-refractivity contribution in [2.24, 2.45) is 16.0 Å². The largest absolute Gasteiger partial charge is 0.493 e. The highest BCUT2D eigenvalue weighted by Crippen LogP contribution is 2.54. The normalized spacial score (nSPS) is 15.5. The standard InChI is InChI=1S/C17H20N4O3S/c1-8-7-17(2,3)21-13-9(8)6-10(23-4)14(24-5)11(13)12(15(21)22)19-20-16(18)25/h6-7,22H,1-5H3,(H2,18,25). The zero-order chi connectivity index (χ0) is 18.5. The summed E-state index contributed by atoms with van der Waals surface area (Å²) in [6.07, 6.45) is 2.08. The Labute approximate surface area is 150 Å². The number of nitrogens with two attached hydrogens (primary N) is 1. The van der Waals surface area contributed by atoms with Crippen LogP contribution in [0.1, 0.15) is 26.3 Å². The summed E-state index contributed by atoms with van der Waals surface area (Å²) in [6, 6.07) is 1.90.